The van der Waals surface area contributed by atoms with Gasteiger partial charge in [0.1, 0.15) is 0 Å². The highest BCUT2D eigenvalue weighted by Crippen LogP contribution is 2.36. The molecule has 0 spiro atoms. The van der Waals surface area contributed by atoms with E-state index in [1.807, 2.05) is 18.2 Å². The average Bonchev–Trinajstić information content (AvgIpc) is 2.40. The van der Waals surface area contributed by atoms with Crippen LogP contribution in [-0.4, -0.2) is 12.5 Å². The highest BCUT2D eigenvalue weighted by Gasteiger charge is 2.18. The lowest BCUT2D eigenvalue weighted by atomic mass is 9.83. The molecule has 1 aromatic carbocycles. The van der Waals surface area contributed by atoms with Crippen LogP contribution in [0.25, 0.3) is 0 Å². The van der Waals surface area contributed by atoms with Crippen molar-refractivity contribution < 1.29 is 4.79 Å². The Kier molecular flexibility index (Phi) is 4.15. The fourth-order valence-electron chi connectivity index (χ4n) is 2.58. The Bertz CT molecular complexity index is 384. The number of anilines is 1. The molecule has 3 nitrogen and oxygen atoms in total. The number of para-hydroxylation sites is 1. The Hall–Kier alpha value is -1.35. The summed E-state index contributed by atoms with van der Waals surface area (Å²) in [6.45, 7) is 0.0407. The van der Waals surface area contributed by atoms with Gasteiger partial charge in [0.25, 0.3) is 0 Å². The van der Waals surface area contributed by atoms with E-state index in [0.29, 0.717) is 5.92 Å². The van der Waals surface area contributed by atoms with Gasteiger partial charge in [-0.1, -0.05) is 37.5 Å². The monoisotopic (exact) mass is 232 g/mol. The van der Waals surface area contributed by atoms with E-state index in [1.54, 1.807) is 0 Å². The minimum Gasteiger partial charge on any atom is -0.325 e. The predicted octanol–water partition coefficient (Wildman–Crippen LogP) is 2.63. The molecule has 1 saturated carbocycles. The van der Waals surface area contributed by atoms with E-state index >= 15 is 0 Å². The van der Waals surface area contributed by atoms with Crippen molar-refractivity contribution in [1.29, 1.82) is 0 Å². The van der Waals surface area contributed by atoms with Crippen molar-refractivity contribution in [2.24, 2.45) is 5.73 Å². The van der Waals surface area contributed by atoms with Crippen molar-refractivity contribution in [3.63, 3.8) is 0 Å². The third kappa shape index (κ3) is 3.07. The zero-order chi connectivity index (χ0) is 12.1. The lowest BCUT2D eigenvalue weighted by Crippen LogP contribution is -2.23. The third-order valence-electron chi connectivity index (χ3n) is 3.47. The van der Waals surface area contributed by atoms with E-state index < -0.39 is 0 Å². The molecule has 1 amide bonds. The molecule has 0 atom stereocenters. The number of nitrogens with one attached hydrogen (secondary N) is 1. The zero-order valence-corrected chi connectivity index (χ0v) is 10.1. The second-order valence-electron chi connectivity index (χ2n) is 4.67. The highest BCUT2D eigenvalue weighted by atomic mass is 16.1. The highest BCUT2D eigenvalue weighted by molar-refractivity contribution is 5.92. The molecule has 0 heterocycles. The second kappa shape index (κ2) is 5.82. The van der Waals surface area contributed by atoms with Crippen molar-refractivity contribution in [3.8, 4) is 0 Å². The van der Waals surface area contributed by atoms with E-state index in [0.717, 1.165) is 5.69 Å². The van der Waals surface area contributed by atoms with Gasteiger partial charge in [-0.2, -0.15) is 0 Å². The van der Waals surface area contributed by atoms with Crippen LogP contribution in [0, 0.1) is 0 Å². The van der Waals surface area contributed by atoms with Crippen molar-refractivity contribution in [2.75, 3.05) is 11.9 Å². The van der Waals surface area contributed by atoms with E-state index in [9.17, 15) is 4.79 Å². The number of hydrogen-bond donors (Lipinski definition) is 2. The van der Waals surface area contributed by atoms with Gasteiger partial charge in [-0.05, 0) is 30.4 Å². The standard InChI is InChI=1S/C14H20N2O/c15-10-14(17)16-13-9-5-4-8-12(13)11-6-2-1-3-7-11/h4-5,8-9,11H,1-3,6-7,10,15H2,(H,16,17). The molecule has 17 heavy (non-hydrogen) atoms. The Balaban J connectivity index is 2.17. The molecule has 1 aromatic rings. The number of rotatable bonds is 3. The Labute approximate surface area is 102 Å². The van der Waals surface area contributed by atoms with Gasteiger partial charge in [0.15, 0.2) is 0 Å². The zero-order valence-electron chi connectivity index (χ0n) is 10.1. The quantitative estimate of drug-likeness (QED) is 0.841. The Morgan fingerprint density at radius 3 is 2.65 bits per heavy atom. The van der Waals surface area contributed by atoms with Crippen LogP contribution in [0.5, 0.6) is 0 Å². The summed E-state index contributed by atoms with van der Waals surface area (Å²) in [5.41, 5.74) is 7.55. The summed E-state index contributed by atoms with van der Waals surface area (Å²) in [5, 5.41) is 2.89. The smallest absolute Gasteiger partial charge is 0.238 e. The number of benzene rings is 1. The van der Waals surface area contributed by atoms with E-state index in [-0.39, 0.29) is 12.5 Å². The molecule has 92 valence electrons. The fourth-order valence-corrected chi connectivity index (χ4v) is 2.58. The molecule has 3 N–H and O–H groups in total. The molecule has 0 aliphatic heterocycles. The van der Waals surface area contributed by atoms with Crippen LogP contribution >= 0.6 is 0 Å². The summed E-state index contributed by atoms with van der Waals surface area (Å²) < 4.78 is 0. The molecule has 3 heteroatoms. The molecule has 0 bridgehead atoms. The number of nitrogens with two attached hydrogens (primary N) is 1. The molecule has 0 unspecified atom stereocenters. The third-order valence-corrected chi connectivity index (χ3v) is 3.47. The maximum atomic E-state index is 11.4. The van der Waals surface area contributed by atoms with E-state index in [2.05, 4.69) is 11.4 Å². The molecule has 2 rings (SSSR count). The number of hydrogen-bond acceptors (Lipinski definition) is 2. The largest absolute Gasteiger partial charge is 0.325 e. The predicted molar refractivity (Wildman–Crippen MR) is 70.0 cm³/mol. The summed E-state index contributed by atoms with van der Waals surface area (Å²) in [4.78, 5) is 11.4. The summed E-state index contributed by atoms with van der Waals surface area (Å²) in [7, 11) is 0. The van der Waals surface area contributed by atoms with Crippen molar-refractivity contribution in [3.05, 3.63) is 29.8 Å². The number of carbonyl (C=O) groups excluding carboxylic acids is 1. The van der Waals surface area contributed by atoms with Crippen LogP contribution in [0.4, 0.5) is 5.69 Å². The van der Waals surface area contributed by atoms with Crippen LogP contribution in [-0.2, 0) is 4.79 Å². The first-order valence-electron chi connectivity index (χ1n) is 6.40. The van der Waals surface area contributed by atoms with Crippen molar-refractivity contribution in [2.45, 2.75) is 38.0 Å². The van der Waals surface area contributed by atoms with Gasteiger partial charge >= 0.3 is 0 Å². The van der Waals surface area contributed by atoms with Gasteiger partial charge in [-0.25, -0.2) is 0 Å². The van der Waals surface area contributed by atoms with Crippen molar-refractivity contribution in [1.82, 2.24) is 0 Å². The van der Waals surface area contributed by atoms with Gasteiger partial charge in [0.05, 0.1) is 6.54 Å². The lowest BCUT2D eigenvalue weighted by molar-refractivity contribution is -0.114. The summed E-state index contributed by atoms with van der Waals surface area (Å²) in [5.74, 6) is 0.478. The second-order valence-corrected chi connectivity index (χ2v) is 4.67. The van der Waals surface area contributed by atoms with Gasteiger partial charge in [0, 0.05) is 5.69 Å². The lowest BCUT2D eigenvalue weighted by Gasteiger charge is -2.24. The van der Waals surface area contributed by atoms with Gasteiger partial charge in [-0.3, -0.25) is 4.79 Å². The molecule has 1 aliphatic carbocycles. The maximum absolute atomic E-state index is 11.4. The van der Waals surface area contributed by atoms with Gasteiger partial charge in [-0.15, -0.1) is 0 Å². The van der Waals surface area contributed by atoms with Crippen LogP contribution in [0.3, 0.4) is 0 Å². The Morgan fingerprint density at radius 2 is 1.94 bits per heavy atom. The molecule has 1 fully saturated rings. The summed E-state index contributed by atoms with van der Waals surface area (Å²) in [6.07, 6.45) is 6.40. The topological polar surface area (TPSA) is 55.1 Å². The molecule has 0 aromatic heterocycles. The molecule has 0 radical (unpaired) electrons. The van der Waals surface area contributed by atoms with Crippen LogP contribution < -0.4 is 11.1 Å². The first-order chi connectivity index (χ1) is 8.31. The minimum absolute atomic E-state index is 0.0407. The van der Waals surface area contributed by atoms with Crippen LogP contribution in [0.1, 0.15) is 43.6 Å². The average molecular weight is 232 g/mol. The maximum Gasteiger partial charge on any atom is 0.238 e. The molecule has 1 aliphatic rings. The normalized spacial score (nSPS) is 16.8. The molecular weight excluding hydrogens is 212 g/mol. The first-order valence-corrected chi connectivity index (χ1v) is 6.40. The molecule has 0 saturated heterocycles. The fraction of sp³-hybridized carbons (Fsp3) is 0.500. The van der Waals surface area contributed by atoms with E-state index in [1.165, 1.54) is 37.7 Å². The number of carbonyl (C=O) groups is 1. The van der Waals surface area contributed by atoms with E-state index in [4.69, 9.17) is 5.73 Å². The summed E-state index contributed by atoms with van der Waals surface area (Å²) in [6, 6.07) is 8.10. The molecular formula is C14H20N2O. The first kappa shape index (κ1) is 12.1. The minimum atomic E-state index is -0.117. The summed E-state index contributed by atoms with van der Waals surface area (Å²) >= 11 is 0. The number of amides is 1. The van der Waals surface area contributed by atoms with Gasteiger partial charge < -0.3 is 11.1 Å². The van der Waals surface area contributed by atoms with Crippen LogP contribution in [0.15, 0.2) is 24.3 Å². The van der Waals surface area contributed by atoms with Crippen molar-refractivity contribution >= 4 is 11.6 Å². The Morgan fingerprint density at radius 1 is 1.24 bits per heavy atom. The van der Waals surface area contributed by atoms with Gasteiger partial charge in [0.2, 0.25) is 5.91 Å². The SMILES string of the molecule is NCC(=O)Nc1ccccc1C1CCCCC1. The van der Waals surface area contributed by atoms with Crippen LogP contribution in [0.2, 0.25) is 0 Å².